The molecule has 0 bridgehead atoms. The maximum Gasteiger partial charge on any atom is 0.313 e. The summed E-state index contributed by atoms with van der Waals surface area (Å²) in [5, 5.41) is 26.2. The highest BCUT2D eigenvalue weighted by molar-refractivity contribution is 7.99. The van der Waals surface area contributed by atoms with Gasteiger partial charge >= 0.3 is 5.97 Å². The molecule has 0 aromatic carbocycles. The summed E-state index contributed by atoms with van der Waals surface area (Å²) in [4.78, 5) is 14.9. The molecular weight excluding hydrogens is 290 g/mol. The second kappa shape index (κ2) is 6.37. The van der Waals surface area contributed by atoms with Crippen LogP contribution in [0.15, 0.2) is 23.5 Å². The van der Waals surface area contributed by atoms with E-state index in [9.17, 15) is 4.79 Å². The third-order valence-electron chi connectivity index (χ3n) is 2.63. The number of rotatable bonds is 5. The van der Waals surface area contributed by atoms with E-state index in [1.165, 1.54) is 6.20 Å². The lowest BCUT2D eigenvalue weighted by Crippen LogP contribution is -2.07. The Kier molecular flexibility index (Phi) is 4.55. The minimum absolute atomic E-state index is 0.0590. The number of hydrogen-bond acceptors (Lipinski definition) is 6. The first-order valence-corrected chi connectivity index (χ1v) is 7.17. The van der Waals surface area contributed by atoms with E-state index in [-0.39, 0.29) is 11.8 Å². The van der Waals surface area contributed by atoms with Gasteiger partial charge in [0, 0.05) is 12.2 Å². The highest BCUT2D eigenvalue weighted by Crippen LogP contribution is 2.26. The number of nitrogens with zero attached hydrogens (tertiary/aromatic N) is 5. The average molecular weight is 303 g/mol. The van der Waals surface area contributed by atoms with Crippen LogP contribution in [0.4, 0.5) is 0 Å². The van der Waals surface area contributed by atoms with E-state index in [1.807, 2.05) is 24.5 Å². The summed E-state index contributed by atoms with van der Waals surface area (Å²) in [6.45, 7) is 3.92. The monoisotopic (exact) mass is 303 g/mol. The van der Waals surface area contributed by atoms with Gasteiger partial charge in [0.05, 0.1) is 11.3 Å². The van der Waals surface area contributed by atoms with E-state index < -0.39 is 5.97 Å². The largest absolute Gasteiger partial charge is 0.481 e. The Morgan fingerprint density at radius 3 is 2.76 bits per heavy atom. The molecule has 0 aliphatic carbocycles. The fourth-order valence-electron chi connectivity index (χ4n) is 1.73. The molecule has 8 heteroatoms. The van der Waals surface area contributed by atoms with E-state index in [1.54, 1.807) is 12.1 Å². The number of carbonyl (C=O) groups is 1. The lowest BCUT2D eigenvalue weighted by molar-refractivity contribution is -0.133. The second-order valence-corrected chi connectivity index (χ2v) is 5.44. The number of aliphatic carboxylic acids is 1. The Balaban J connectivity index is 2.39. The van der Waals surface area contributed by atoms with Crippen molar-refractivity contribution in [3.63, 3.8) is 0 Å². The Morgan fingerprint density at radius 2 is 2.24 bits per heavy atom. The first-order chi connectivity index (χ1) is 10.0. The average Bonchev–Trinajstić information content (AvgIpc) is 2.89. The molecule has 0 saturated carbocycles. The lowest BCUT2D eigenvalue weighted by atomic mass is 10.2. The molecule has 0 atom stereocenters. The summed E-state index contributed by atoms with van der Waals surface area (Å²) >= 11 is 1.12. The quantitative estimate of drug-likeness (QED) is 0.842. The van der Waals surface area contributed by atoms with Crippen molar-refractivity contribution in [2.75, 3.05) is 5.75 Å². The van der Waals surface area contributed by atoms with Gasteiger partial charge in [-0.2, -0.15) is 5.26 Å². The van der Waals surface area contributed by atoms with Gasteiger partial charge in [-0.15, -0.1) is 10.2 Å². The highest BCUT2D eigenvalue weighted by Gasteiger charge is 2.18. The molecule has 2 aromatic rings. The Morgan fingerprint density at radius 1 is 1.48 bits per heavy atom. The van der Waals surface area contributed by atoms with Crippen LogP contribution in [-0.4, -0.2) is 36.6 Å². The molecule has 108 valence electrons. The van der Waals surface area contributed by atoms with Gasteiger partial charge in [0.15, 0.2) is 11.0 Å². The van der Waals surface area contributed by atoms with Crippen molar-refractivity contribution in [3.8, 4) is 17.6 Å². The Hall–Kier alpha value is -2.40. The van der Waals surface area contributed by atoms with Gasteiger partial charge in [0.25, 0.3) is 0 Å². The van der Waals surface area contributed by atoms with E-state index in [0.717, 1.165) is 11.8 Å². The van der Waals surface area contributed by atoms with E-state index >= 15 is 0 Å². The molecule has 2 rings (SSSR count). The van der Waals surface area contributed by atoms with Crippen LogP contribution in [0.3, 0.4) is 0 Å². The van der Waals surface area contributed by atoms with Crippen molar-refractivity contribution in [2.24, 2.45) is 0 Å². The van der Waals surface area contributed by atoms with Gasteiger partial charge in [-0.25, -0.2) is 0 Å². The van der Waals surface area contributed by atoms with Crippen molar-refractivity contribution in [3.05, 3.63) is 23.9 Å². The van der Waals surface area contributed by atoms with Gasteiger partial charge in [-0.05, 0) is 26.0 Å². The minimum Gasteiger partial charge on any atom is -0.481 e. The summed E-state index contributed by atoms with van der Waals surface area (Å²) in [5.41, 5.74) is 1.06. The number of carboxylic acid groups (broad SMARTS) is 1. The third kappa shape index (κ3) is 3.38. The van der Waals surface area contributed by atoms with Crippen LogP contribution in [0.2, 0.25) is 0 Å². The molecule has 0 fully saturated rings. The number of nitriles is 1. The summed E-state index contributed by atoms with van der Waals surface area (Å²) in [5.74, 6) is -0.426. The summed E-state index contributed by atoms with van der Waals surface area (Å²) in [7, 11) is 0. The minimum atomic E-state index is -0.906. The van der Waals surface area contributed by atoms with Crippen LogP contribution in [0.5, 0.6) is 0 Å². The van der Waals surface area contributed by atoms with Crippen molar-refractivity contribution < 1.29 is 9.90 Å². The van der Waals surface area contributed by atoms with Crippen molar-refractivity contribution in [1.29, 1.82) is 5.26 Å². The molecule has 21 heavy (non-hydrogen) atoms. The number of hydrogen-bond donors (Lipinski definition) is 1. The summed E-state index contributed by atoms with van der Waals surface area (Å²) in [6.07, 6.45) is 1.47. The number of thioether (sulfide) groups is 1. The van der Waals surface area contributed by atoms with Crippen molar-refractivity contribution >= 4 is 17.7 Å². The standard InChI is InChI=1S/C13H13N5O2S/c1-8(2)18-12(10-4-3-9(5-14)6-15-10)16-17-13(18)21-7-11(19)20/h3-4,6,8H,7H2,1-2H3,(H,19,20). The number of carboxylic acids is 1. The number of pyridine rings is 1. The van der Waals surface area contributed by atoms with Crippen LogP contribution < -0.4 is 0 Å². The lowest BCUT2D eigenvalue weighted by Gasteiger charge is -2.12. The molecule has 2 heterocycles. The van der Waals surface area contributed by atoms with Crippen LogP contribution in [0, 0.1) is 11.3 Å². The molecule has 0 amide bonds. The van der Waals surface area contributed by atoms with Gasteiger partial charge < -0.3 is 5.11 Å². The van der Waals surface area contributed by atoms with Gasteiger partial charge in [0.2, 0.25) is 0 Å². The smallest absolute Gasteiger partial charge is 0.313 e. The Bertz CT molecular complexity index is 688. The zero-order valence-electron chi connectivity index (χ0n) is 11.5. The SMILES string of the molecule is CC(C)n1c(SCC(=O)O)nnc1-c1ccc(C#N)cn1. The Labute approximate surface area is 125 Å². The third-order valence-corrected chi connectivity index (χ3v) is 3.56. The molecule has 0 saturated heterocycles. The predicted octanol–water partition coefficient (Wildman–Crippen LogP) is 1.97. The zero-order chi connectivity index (χ0) is 15.4. The first kappa shape index (κ1) is 15.0. The molecule has 0 aliphatic heterocycles. The van der Waals surface area contributed by atoms with Gasteiger partial charge in [0.1, 0.15) is 11.8 Å². The predicted molar refractivity (Wildman–Crippen MR) is 76.7 cm³/mol. The fraction of sp³-hybridized carbons (Fsp3) is 0.308. The molecule has 0 unspecified atom stereocenters. The first-order valence-electron chi connectivity index (χ1n) is 6.19. The molecule has 0 spiro atoms. The van der Waals surface area contributed by atoms with Crippen LogP contribution in [0.25, 0.3) is 11.5 Å². The van der Waals surface area contributed by atoms with Crippen LogP contribution in [0.1, 0.15) is 25.5 Å². The molecule has 2 aromatic heterocycles. The van der Waals surface area contributed by atoms with E-state index in [2.05, 4.69) is 15.2 Å². The number of aromatic nitrogens is 4. The summed E-state index contributed by atoms with van der Waals surface area (Å²) in [6, 6.07) is 5.43. The van der Waals surface area contributed by atoms with E-state index in [4.69, 9.17) is 10.4 Å². The van der Waals surface area contributed by atoms with E-state index in [0.29, 0.717) is 22.2 Å². The van der Waals surface area contributed by atoms with Gasteiger partial charge in [-0.3, -0.25) is 14.3 Å². The second-order valence-electron chi connectivity index (χ2n) is 4.50. The summed E-state index contributed by atoms with van der Waals surface area (Å²) < 4.78 is 1.84. The molecule has 0 aliphatic rings. The molecule has 0 radical (unpaired) electrons. The normalized spacial score (nSPS) is 10.6. The highest BCUT2D eigenvalue weighted by atomic mass is 32.2. The van der Waals surface area contributed by atoms with Crippen molar-refractivity contribution in [1.82, 2.24) is 19.7 Å². The topological polar surface area (TPSA) is 105 Å². The van der Waals surface area contributed by atoms with Gasteiger partial charge in [-0.1, -0.05) is 11.8 Å². The maximum atomic E-state index is 10.7. The van der Waals surface area contributed by atoms with Crippen LogP contribution >= 0.6 is 11.8 Å². The fourth-order valence-corrected chi connectivity index (χ4v) is 2.52. The van der Waals surface area contributed by atoms with Crippen LogP contribution in [-0.2, 0) is 4.79 Å². The molecular formula is C13H13N5O2S. The molecule has 1 N–H and O–H groups in total. The zero-order valence-corrected chi connectivity index (χ0v) is 12.3. The molecule has 7 nitrogen and oxygen atoms in total. The van der Waals surface area contributed by atoms with Crippen molar-refractivity contribution in [2.45, 2.75) is 25.0 Å². The maximum absolute atomic E-state index is 10.7.